The maximum Gasteiger partial charge on any atom is 0.234 e. The second kappa shape index (κ2) is 7.45. The number of rotatable bonds is 5. The van der Waals surface area contributed by atoms with E-state index in [1.54, 1.807) is 0 Å². The van der Waals surface area contributed by atoms with E-state index in [2.05, 4.69) is 40.5 Å². The number of likely N-dealkylation sites (tertiary alicyclic amines) is 1. The number of hydrogen-bond acceptors (Lipinski definition) is 3. The van der Waals surface area contributed by atoms with E-state index in [9.17, 15) is 9.90 Å². The van der Waals surface area contributed by atoms with Crippen molar-refractivity contribution in [2.75, 3.05) is 26.2 Å². The van der Waals surface area contributed by atoms with Crippen molar-refractivity contribution >= 4 is 5.91 Å². The topological polar surface area (TPSA) is 52.6 Å². The lowest BCUT2D eigenvalue weighted by atomic mass is 9.79. The van der Waals surface area contributed by atoms with Crippen LogP contribution in [0.2, 0.25) is 0 Å². The maximum atomic E-state index is 12.3. The van der Waals surface area contributed by atoms with Crippen LogP contribution in [0, 0.1) is 0 Å². The van der Waals surface area contributed by atoms with E-state index < -0.39 is 0 Å². The van der Waals surface area contributed by atoms with E-state index in [-0.39, 0.29) is 17.4 Å². The predicted molar refractivity (Wildman–Crippen MR) is 91.3 cm³/mol. The number of benzene rings is 1. The summed E-state index contributed by atoms with van der Waals surface area (Å²) in [5.41, 5.74) is 1.48. The summed E-state index contributed by atoms with van der Waals surface area (Å²) in [6, 6.07) is 10.6. The number of nitrogens with one attached hydrogen (secondary N) is 1. The Morgan fingerprint density at radius 3 is 2.48 bits per heavy atom. The van der Waals surface area contributed by atoms with Crippen molar-refractivity contribution in [1.82, 2.24) is 10.2 Å². The van der Waals surface area contributed by atoms with Gasteiger partial charge >= 0.3 is 0 Å². The number of carbonyl (C=O) groups excluding carboxylic acids is 1. The molecule has 0 aromatic heterocycles. The number of piperidine rings is 1. The zero-order valence-electron chi connectivity index (χ0n) is 13.8. The Hall–Kier alpha value is -1.39. The third kappa shape index (κ3) is 4.12. The number of carbonyl (C=O) groups is 1. The van der Waals surface area contributed by atoms with Gasteiger partial charge in [-0.2, -0.15) is 0 Å². The lowest BCUT2D eigenvalue weighted by molar-refractivity contribution is -0.123. The van der Waals surface area contributed by atoms with Crippen LogP contribution in [0.4, 0.5) is 0 Å². The van der Waals surface area contributed by atoms with Crippen LogP contribution in [0.5, 0.6) is 0 Å². The third-order valence-electron chi connectivity index (χ3n) is 5.50. The van der Waals surface area contributed by atoms with Crippen LogP contribution in [0.15, 0.2) is 30.3 Å². The van der Waals surface area contributed by atoms with Gasteiger partial charge in [-0.25, -0.2) is 0 Å². The second-order valence-electron chi connectivity index (χ2n) is 7.14. The number of nitrogens with zero attached hydrogens (tertiary/aromatic N) is 1. The average Bonchev–Trinajstić information content (AvgIpc) is 3.06. The first-order chi connectivity index (χ1) is 11.2. The highest BCUT2D eigenvalue weighted by Crippen LogP contribution is 2.40. The largest absolute Gasteiger partial charge is 0.393 e. The van der Waals surface area contributed by atoms with Gasteiger partial charge in [-0.05, 0) is 31.2 Å². The lowest BCUT2D eigenvalue weighted by Crippen LogP contribution is -2.45. The van der Waals surface area contributed by atoms with E-state index in [0.29, 0.717) is 6.54 Å². The molecule has 126 valence electrons. The fraction of sp³-hybridized carbons (Fsp3) is 0.632. The van der Waals surface area contributed by atoms with Crippen LogP contribution in [-0.2, 0) is 10.2 Å². The number of aliphatic hydroxyl groups excluding tert-OH is 1. The van der Waals surface area contributed by atoms with E-state index in [1.807, 2.05) is 0 Å². The summed E-state index contributed by atoms with van der Waals surface area (Å²) in [7, 11) is 0. The van der Waals surface area contributed by atoms with E-state index >= 15 is 0 Å². The van der Waals surface area contributed by atoms with Crippen molar-refractivity contribution in [2.45, 2.75) is 50.0 Å². The Bertz CT molecular complexity index is 503. The number of aliphatic hydroxyl groups is 1. The van der Waals surface area contributed by atoms with Crippen LogP contribution in [0.1, 0.15) is 44.1 Å². The first-order valence-corrected chi connectivity index (χ1v) is 8.91. The van der Waals surface area contributed by atoms with Crippen LogP contribution in [0.3, 0.4) is 0 Å². The highest BCUT2D eigenvalue weighted by Gasteiger charge is 2.35. The van der Waals surface area contributed by atoms with Crippen LogP contribution >= 0.6 is 0 Å². The summed E-state index contributed by atoms with van der Waals surface area (Å²) in [5.74, 6) is 0.114. The van der Waals surface area contributed by atoms with Crippen molar-refractivity contribution in [3.63, 3.8) is 0 Å². The van der Waals surface area contributed by atoms with Gasteiger partial charge in [0.1, 0.15) is 0 Å². The quantitative estimate of drug-likeness (QED) is 0.874. The zero-order chi connectivity index (χ0) is 16.1. The normalized spacial score (nSPS) is 22.1. The van der Waals surface area contributed by atoms with Gasteiger partial charge in [-0.3, -0.25) is 9.69 Å². The molecule has 1 aromatic rings. The molecule has 2 N–H and O–H groups in total. The van der Waals surface area contributed by atoms with E-state index in [1.165, 1.54) is 18.4 Å². The predicted octanol–water partition coefficient (Wildman–Crippen LogP) is 2.07. The smallest absolute Gasteiger partial charge is 0.234 e. The fourth-order valence-electron chi connectivity index (χ4n) is 4.02. The number of amides is 1. The monoisotopic (exact) mass is 316 g/mol. The van der Waals surface area contributed by atoms with Gasteiger partial charge in [0.05, 0.1) is 12.6 Å². The molecule has 0 spiro atoms. The molecule has 23 heavy (non-hydrogen) atoms. The van der Waals surface area contributed by atoms with Gasteiger partial charge in [-0.1, -0.05) is 43.2 Å². The molecule has 1 aliphatic heterocycles. The Kier molecular flexibility index (Phi) is 5.34. The SMILES string of the molecule is O=C(CN1CCC(O)CC1)NCC1(c2ccccc2)CCCC1. The molecular formula is C19H28N2O2. The molecule has 4 heteroatoms. The van der Waals surface area contributed by atoms with Crippen molar-refractivity contribution in [3.8, 4) is 0 Å². The molecule has 1 heterocycles. The maximum absolute atomic E-state index is 12.3. The zero-order valence-corrected chi connectivity index (χ0v) is 13.8. The van der Waals surface area contributed by atoms with Crippen molar-refractivity contribution in [3.05, 3.63) is 35.9 Å². The Morgan fingerprint density at radius 1 is 1.17 bits per heavy atom. The van der Waals surface area contributed by atoms with Crippen molar-refractivity contribution in [2.24, 2.45) is 0 Å². The van der Waals surface area contributed by atoms with Gasteiger partial charge in [0.15, 0.2) is 0 Å². The summed E-state index contributed by atoms with van der Waals surface area (Å²) in [6.07, 6.45) is 6.18. The Labute approximate surface area is 138 Å². The first-order valence-electron chi connectivity index (χ1n) is 8.91. The second-order valence-corrected chi connectivity index (χ2v) is 7.14. The third-order valence-corrected chi connectivity index (χ3v) is 5.50. The molecule has 2 aliphatic rings. The van der Waals surface area contributed by atoms with Crippen molar-refractivity contribution < 1.29 is 9.90 Å². The molecule has 0 radical (unpaired) electrons. The molecule has 1 saturated heterocycles. The molecule has 2 fully saturated rings. The van der Waals surface area contributed by atoms with Gasteiger partial charge in [0.25, 0.3) is 0 Å². The molecular weight excluding hydrogens is 288 g/mol. The molecule has 1 aliphatic carbocycles. The molecule has 0 atom stereocenters. The fourth-order valence-corrected chi connectivity index (χ4v) is 4.02. The molecule has 1 amide bonds. The summed E-state index contributed by atoms with van der Waals surface area (Å²) in [4.78, 5) is 14.5. The summed E-state index contributed by atoms with van der Waals surface area (Å²) >= 11 is 0. The molecule has 1 saturated carbocycles. The van der Waals surface area contributed by atoms with Crippen LogP contribution in [0.25, 0.3) is 0 Å². The molecule has 0 unspecified atom stereocenters. The van der Waals surface area contributed by atoms with Crippen LogP contribution in [-0.4, -0.2) is 48.2 Å². The van der Waals surface area contributed by atoms with Crippen molar-refractivity contribution in [1.29, 1.82) is 0 Å². The van der Waals surface area contributed by atoms with Gasteiger partial charge in [0.2, 0.25) is 5.91 Å². The minimum Gasteiger partial charge on any atom is -0.393 e. The lowest BCUT2D eigenvalue weighted by Gasteiger charge is -2.32. The van der Waals surface area contributed by atoms with E-state index in [4.69, 9.17) is 0 Å². The molecule has 3 rings (SSSR count). The minimum absolute atomic E-state index is 0.114. The van der Waals surface area contributed by atoms with Gasteiger partial charge < -0.3 is 10.4 Å². The first kappa shape index (κ1) is 16.5. The van der Waals surface area contributed by atoms with Gasteiger partial charge in [-0.15, -0.1) is 0 Å². The molecule has 0 bridgehead atoms. The Balaban J connectivity index is 1.54. The highest BCUT2D eigenvalue weighted by molar-refractivity contribution is 5.78. The van der Waals surface area contributed by atoms with Gasteiger partial charge in [0, 0.05) is 25.0 Å². The average molecular weight is 316 g/mol. The Morgan fingerprint density at radius 2 is 1.83 bits per heavy atom. The summed E-state index contributed by atoms with van der Waals surface area (Å²) < 4.78 is 0. The van der Waals surface area contributed by atoms with Crippen LogP contribution < -0.4 is 5.32 Å². The highest BCUT2D eigenvalue weighted by atomic mass is 16.3. The number of hydrogen-bond donors (Lipinski definition) is 2. The van der Waals surface area contributed by atoms with E-state index in [0.717, 1.165) is 45.3 Å². The summed E-state index contributed by atoms with van der Waals surface area (Å²) in [5, 5.41) is 12.7. The standard InChI is InChI=1S/C19H28N2O2/c22-17-8-12-21(13-9-17)14-18(23)20-15-19(10-4-5-11-19)16-6-2-1-3-7-16/h1-3,6-7,17,22H,4-5,8-15H2,(H,20,23). The molecule has 1 aromatic carbocycles. The minimum atomic E-state index is -0.186. The summed E-state index contributed by atoms with van der Waals surface area (Å²) in [6.45, 7) is 2.83. The molecule has 4 nitrogen and oxygen atoms in total.